The van der Waals surface area contributed by atoms with Gasteiger partial charge in [-0.05, 0) is 17.9 Å². The quantitative estimate of drug-likeness (QED) is 0.851. The summed E-state index contributed by atoms with van der Waals surface area (Å²) in [6, 6.07) is 7.37. The number of imidazole rings is 1. The van der Waals surface area contributed by atoms with Gasteiger partial charge in [0.15, 0.2) is 5.16 Å². The fourth-order valence-electron chi connectivity index (χ4n) is 1.80. The molecule has 1 aromatic heterocycles. The number of carbonyl (C=O) groups is 2. The fraction of sp³-hybridized carbons (Fsp3) is 0.308. The molecule has 6 heteroatoms. The molecule has 0 fully saturated rings. The predicted octanol–water partition coefficient (Wildman–Crippen LogP) is 2.65. The maximum Gasteiger partial charge on any atom is 0.303 e. The van der Waals surface area contributed by atoms with Crippen LogP contribution in [-0.2, 0) is 4.79 Å². The number of thioether (sulfide) groups is 1. The third-order valence-corrected chi connectivity index (χ3v) is 3.43. The summed E-state index contributed by atoms with van der Waals surface area (Å²) in [4.78, 5) is 27.1. The standard InChI is InChI=1S/C13H14N2O3S/c1-2-19-13-14-9-5-3-4-6-10(9)15(13)11(16)7-8-12(17)18/h3-6H,2,7-8H2,1H3,(H,17,18). The van der Waals surface area contributed by atoms with E-state index < -0.39 is 5.97 Å². The third-order valence-electron chi connectivity index (χ3n) is 2.61. The molecule has 2 aromatic rings. The topological polar surface area (TPSA) is 72.2 Å². The Morgan fingerprint density at radius 2 is 2.05 bits per heavy atom. The summed E-state index contributed by atoms with van der Waals surface area (Å²) in [6.07, 6.45) is -0.186. The molecule has 0 atom stereocenters. The molecule has 2 rings (SSSR count). The lowest BCUT2D eigenvalue weighted by Crippen LogP contribution is -2.13. The van der Waals surface area contributed by atoms with Crippen molar-refractivity contribution in [3.63, 3.8) is 0 Å². The molecule has 0 aliphatic rings. The Morgan fingerprint density at radius 1 is 1.32 bits per heavy atom. The van der Waals surface area contributed by atoms with E-state index in [0.717, 1.165) is 16.8 Å². The van der Waals surface area contributed by atoms with Gasteiger partial charge < -0.3 is 5.11 Å². The number of fused-ring (bicyclic) bond motifs is 1. The van der Waals surface area contributed by atoms with Crippen LogP contribution in [0, 0.1) is 0 Å². The molecule has 100 valence electrons. The van der Waals surface area contributed by atoms with Gasteiger partial charge in [-0.1, -0.05) is 30.8 Å². The first-order chi connectivity index (χ1) is 9.13. The number of aliphatic carboxylic acids is 1. The van der Waals surface area contributed by atoms with Gasteiger partial charge in [-0.3, -0.25) is 14.2 Å². The van der Waals surface area contributed by atoms with Crippen molar-refractivity contribution in [1.82, 2.24) is 9.55 Å². The number of carboxylic acid groups (broad SMARTS) is 1. The number of nitrogens with zero attached hydrogens (tertiary/aromatic N) is 2. The summed E-state index contributed by atoms with van der Waals surface area (Å²) >= 11 is 1.47. The van der Waals surface area contributed by atoms with Crippen LogP contribution >= 0.6 is 11.8 Å². The number of carboxylic acids is 1. The predicted molar refractivity (Wildman–Crippen MR) is 73.6 cm³/mol. The van der Waals surface area contributed by atoms with Crippen LogP contribution < -0.4 is 0 Å². The highest BCUT2D eigenvalue weighted by Crippen LogP contribution is 2.24. The van der Waals surface area contributed by atoms with E-state index in [4.69, 9.17) is 5.11 Å². The number of rotatable bonds is 5. The number of hydrogen-bond donors (Lipinski definition) is 1. The van der Waals surface area contributed by atoms with Crippen molar-refractivity contribution in [1.29, 1.82) is 0 Å². The summed E-state index contributed by atoms with van der Waals surface area (Å²) < 4.78 is 1.52. The Balaban J connectivity index is 2.40. The van der Waals surface area contributed by atoms with Crippen molar-refractivity contribution in [2.75, 3.05) is 5.75 Å². The van der Waals surface area contributed by atoms with Gasteiger partial charge in [-0.25, -0.2) is 4.98 Å². The molecule has 0 saturated heterocycles. The molecule has 0 spiro atoms. The van der Waals surface area contributed by atoms with Crippen LogP contribution in [0.1, 0.15) is 24.6 Å². The average molecular weight is 278 g/mol. The molecule has 0 aliphatic heterocycles. The molecule has 0 aliphatic carbocycles. The molecular weight excluding hydrogens is 264 g/mol. The fourth-order valence-corrected chi connectivity index (χ4v) is 2.55. The molecular formula is C13H14N2O3S. The lowest BCUT2D eigenvalue weighted by atomic mass is 10.3. The van der Waals surface area contributed by atoms with E-state index in [1.807, 2.05) is 31.2 Å². The van der Waals surface area contributed by atoms with E-state index in [1.165, 1.54) is 16.3 Å². The maximum absolute atomic E-state index is 12.2. The van der Waals surface area contributed by atoms with Crippen molar-refractivity contribution in [2.24, 2.45) is 0 Å². The molecule has 5 nitrogen and oxygen atoms in total. The minimum atomic E-state index is -0.970. The molecule has 1 N–H and O–H groups in total. The summed E-state index contributed by atoms with van der Waals surface area (Å²) in [5.41, 5.74) is 1.48. The zero-order valence-corrected chi connectivity index (χ0v) is 11.3. The summed E-state index contributed by atoms with van der Waals surface area (Å²) in [5, 5.41) is 9.29. The lowest BCUT2D eigenvalue weighted by Gasteiger charge is -2.05. The minimum Gasteiger partial charge on any atom is -0.481 e. The normalized spacial score (nSPS) is 10.8. The Morgan fingerprint density at radius 3 is 2.74 bits per heavy atom. The number of aromatic nitrogens is 2. The Hall–Kier alpha value is -1.82. The van der Waals surface area contributed by atoms with Crippen LogP contribution in [0.25, 0.3) is 11.0 Å². The van der Waals surface area contributed by atoms with Gasteiger partial charge in [0.25, 0.3) is 0 Å². The number of para-hydroxylation sites is 2. The average Bonchev–Trinajstić information content (AvgIpc) is 2.74. The number of benzene rings is 1. The Kier molecular flexibility index (Phi) is 4.21. The van der Waals surface area contributed by atoms with Crippen molar-refractivity contribution in [3.05, 3.63) is 24.3 Å². The summed E-state index contributed by atoms with van der Waals surface area (Å²) in [6.45, 7) is 1.98. The van der Waals surface area contributed by atoms with E-state index in [2.05, 4.69) is 4.98 Å². The second kappa shape index (κ2) is 5.88. The lowest BCUT2D eigenvalue weighted by molar-refractivity contribution is -0.136. The van der Waals surface area contributed by atoms with Gasteiger partial charge in [-0.15, -0.1) is 0 Å². The zero-order valence-electron chi connectivity index (χ0n) is 10.5. The highest BCUT2D eigenvalue weighted by Gasteiger charge is 2.17. The van der Waals surface area contributed by atoms with Gasteiger partial charge in [0.1, 0.15) is 0 Å². The second-order valence-electron chi connectivity index (χ2n) is 3.94. The molecule has 0 radical (unpaired) electrons. The molecule has 0 saturated carbocycles. The van der Waals surface area contributed by atoms with Gasteiger partial charge >= 0.3 is 5.97 Å². The number of hydrogen-bond acceptors (Lipinski definition) is 4. The monoisotopic (exact) mass is 278 g/mol. The van der Waals surface area contributed by atoms with Crippen LogP contribution in [0.3, 0.4) is 0 Å². The van der Waals surface area contributed by atoms with Crippen LogP contribution in [0.2, 0.25) is 0 Å². The van der Waals surface area contributed by atoms with Crippen molar-refractivity contribution in [2.45, 2.75) is 24.9 Å². The van der Waals surface area contributed by atoms with Crippen LogP contribution in [0.15, 0.2) is 29.4 Å². The van der Waals surface area contributed by atoms with Crippen LogP contribution in [0.4, 0.5) is 0 Å². The summed E-state index contributed by atoms with van der Waals surface area (Å²) in [5.74, 6) is -0.398. The van der Waals surface area contributed by atoms with E-state index in [9.17, 15) is 9.59 Å². The van der Waals surface area contributed by atoms with Gasteiger partial charge in [0, 0.05) is 6.42 Å². The second-order valence-corrected chi connectivity index (χ2v) is 5.17. The molecule has 0 unspecified atom stereocenters. The Labute approximate surface area is 114 Å². The molecule has 1 heterocycles. The Bertz CT molecular complexity index is 621. The molecule has 1 aromatic carbocycles. The SMILES string of the molecule is CCSc1nc2ccccc2n1C(=O)CCC(=O)O. The van der Waals surface area contributed by atoms with Crippen molar-refractivity contribution < 1.29 is 14.7 Å². The first kappa shape index (κ1) is 13.6. The first-order valence-corrected chi connectivity index (χ1v) is 6.97. The minimum absolute atomic E-state index is 0.0209. The van der Waals surface area contributed by atoms with E-state index >= 15 is 0 Å². The molecule has 0 amide bonds. The van der Waals surface area contributed by atoms with E-state index in [1.54, 1.807) is 0 Å². The first-order valence-electron chi connectivity index (χ1n) is 5.98. The molecule has 19 heavy (non-hydrogen) atoms. The van der Waals surface area contributed by atoms with Gasteiger partial charge in [0.2, 0.25) is 5.91 Å². The zero-order chi connectivity index (χ0) is 13.8. The summed E-state index contributed by atoms with van der Waals surface area (Å²) in [7, 11) is 0. The van der Waals surface area contributed by atoms with E-state index in [-0.39, 0.29) is 18.7 Å². The molecule has 0 bridgehead atoms. The largest absolute Gasteiger partial charge is 0.481 e. The van der Waals surface area contributed by atoms with Gasteiger partial charge in [0.05, 0.1) is 17.5 Å². The smallest absolute Gasteiger partial charge is 0.303 e. The van der Waals surface area contributed by atoms with Crippen molar-refractivity contribution in [3.8, 4) is 0 Å². The highest BCUT2D eigenvalue weighted by molar-refractivity contribution is 7.99. The van der Waals surface area contributed by atoms with E-state index in [0.29, 0.717) is 5.16 Å². The van der Waals surface area contributed by atoms with Gasteiger partial charge in [-0.2, -0.15) is 0 Å². The maximum atomic E-state index is 12.2. The number of carbonyl (C=O) groups excluding carboxylic acids is 1. The van der Waals surface area contributed by atoms with Crippen LogP contribution in [0.5, 0.6) is 0 Å². The third kappa shape index (κ3) is 2.96. The van der Waals surface area contributed by atoms with Crippen LogP contribution in [-0.4, -0.2) is 32.3 Å². The highest BCUT2D eigenvalue weighted by atomic mass is 32.2. The van der Waals surface area contributed by atoms with Crippen molar-refractivity contribution >= 4 is 34.7 Å².